The van der Waals surface area contributed by atoms with Gasteiger partial charge < -0.3 is 4.90 Å². The van der Waals surface area contributed by atoms with Crippen LogP contribution in [0.15, 0.2) is 96.0 Å². The molecule has 0 amide bonds. The fourth-order valence-corrected chi connectivity index (χ4v) is 3.03. The van der Waals surface area contributed by atoms with Crippen LogP contribution in [0.1, 0.15) is 17.2 Å². The second-order valence-corrected chi connectivity index (χ2v) is 5.69. The van der Waals surface area contributed by atoms with E-state index in [1.165, 1.54) is 11.3 Å². The largest absolute Gasteiger partial charge is 0.324 e. The first-order valence-electron chi connectivity index (χ1n) is 7.92. The van der Waals surface area contributed by atoms with Crippen LogP contribution in [0, 0.1) is 0 Å². The summed E-state index contributed by atoms with van der Waals surface area (Å²) < 4.78 is 0. The third-order valence-corrected chi connectivity index (χ3v) is 4.17. The molecule has 0 saturated heterocycles. The maximum absolute atomic E-state index is 5.03. The van der Waals surface area contributed by atoms with Crippen LogP contribution < -0.4 is 4.90 Å². The van der Waals surface area contributed by atoms with Crippen molar-refractivity contribution in [3.63, 3.8) is 0 Å². The smallest absolute Gasteiger partial charge is 0.136 e. The minimum Gasteiger partial charge on any atom is -0.324 e. The number of anilines is 1. The van der Waals surface area contributed by atoms with E-state index in [0.717, 1.165) is 17.9 Å². The van der Waals surface area contributed by atoms with Crippen molar-refractivity contribution < 1.29 is 0 Å². The van der Waals surface area contributed by atoms with Crippen molar-refractivity contribution in [1.29, 1.82) is 0 Å². The predicted octanol–water partition coefficient (Wildman–Crippen LogP) is 4.69. The Hall–Kier alpha value is -2.87. The Morgan fingerprint density at radius 3 is 1.91 bits per heavy atom. The van der Waals surface area contributed by atoms with E-state index in [0.29, 0.717) is 0 Å². The summed E-state index contributed by atoms with van der Waals surface area (Å²) in [6.45, 7) is 0.873. The number of hydrogen-bond acceptors (Lipinski definition) is 2. The molecule has 0 unspecified atom stereocenters. The first kappa shape index (κ1) is 13.8. The molecule has 0 aromatic heterocycles. The molecule has 23 heavy (non-hydrogen) atoms. The minimum absolute atomic E-state index is 0.173. The van der Waals surface area contributed by atoms with Crippen molar-refractivity contribution in [2.24, 2.45) is 4.99 Å². The summed E-state index contributed by atoms with van der Waals surface area (Å²) in [5.74, 6) is 1.05. The molecule has 3 aromatic carbocycles. The second-order valence-electron chi connectivity index (χ2n) is 5.69. The second kappa shape index (κ2) is 6.09. The van der Waals surface area contributed by atoms with E-state index in [1.807, 2.05) is 12.1 Å². The molecule has 1 aliphatic rings. The van der Waals surface area contributed by atoms with Crippen LogP contribution in [-0.2, 0) is 0 Å². The van der Waals surface area contributed by atoms with Crippen LogP contribution in [0.25, 0.3) is 0 Å². The van der Waals surface area contributed by atoms with Crippen LogP contribution >= 0.6 is 0 Å². The van der Waals surface area contributed by atoms with E-state index in [2.05, 4.69) is 83.8 Å². The molecule has 2 heteroatoms. The molecule has 4 rings (SSSR count). The van der Waals surface area contributed by atoms with Crippen LogP contribution in [0.4, 0.5) is 5.69 Å². The van der Waals surface area contributed by atoms with E-state index >= 15 is 0 Å². The SMILES string of the molecule is c1ccc(C2=N[C@@H](c3ccccc3)CN2c2ccccc2)cc1. The Kier molecular flexibility index (Phi) is 3.65. The van der Waals surface area contributed by atoms with Crippen molar-refractivity contribution in [3.05, 3.63) is 102 Å². The van der Waals surface area contributed by atoms with Gasteiger partial charge in [0, 0.05) is 11.3 Å². The van der Waals surface area contributed by atoms with Gasteiger partial charge in [-0.1, -0.05) is 78.9 Å². The number of nitrogens with zero attached hydrogens (tertiary/aromatic N) is 2. The highest BCUT2D eigenvalue weighted by atomic mass is 15.3. The fourth-order valence-electron chi connectivity index (χ4n) is 3.03. The maximum atomic E-state index is 5.03. The lowest BCUT2D eigenvalue weighted by Crippen LogP contribution is -2.28. The van der Waals surface area contributed by atoms with Gasteiger partial charge in [-0.25, -0.2) is 0 Å². The van der Waals surface area contributed by atoms with Crippen LogP contribution in [0.5, 0.6) is 0 Å². The Balaban J connectivity index is 1.76. The lowest BCUT2D eigenvalue weighted by Gasteiger charge is -2.21. The average Bonchev–Trinajstić information content (AvgIpc) is 3.09. The van der Waals surface area contributed by atoms with Crippen molar-refractivity contribution in [2.45, 2.75) is 6.04 Å². The molecule has 2 nitrogen and oxygen atoms in total. The predicted molar refractivity (Wildman–Crippen MR) is 96.0 cm³/mol. The third kappa shape index (κ3) is 2.76. The van der Waals surface area contributed by atoms with Gasteiger partial charge in [-0.15, -0.1) is 0 Å². The molecule has 112 valence electrons. The van der Waals surface area contributed by atoms with Gasteiger partial charge in [0.1, 0.15) is 5.84 Å². The summed E-state index contributed by atoms with van der Waals surface area (Å²) >= 11 is 0. The fraction of sp³-hybridized carbons (Fsp3) is 0.0952. The molecule has 0 spiro atoms. The van der Waals surface area contributed by atoms with E-state index < -0.39 is 0 Å². The van der Waals surface area contributed by atoms with Crippen molar-refractivity contribution >= 4 is 11.5 Å². The third-order valence-electron chi connectivity index (χ3n) is 4.17. The average molecular weight is 298 g/mol. The van der Waals surface area contributed by atoms with Gasteiger partial charge in [0.25, 0.3) is 0 Å². The van der Waals surface area contributed by atoms with Crippen molar-refractivity contribution in [2.75, 3.05) is 11.4 Å². The number of hydrogen-bond donors (Lipinski definition) is 0. The van der Waals surface area contributed by atoms with E-state index in [-0.39, 0.29) is 6.04 Å². The summed E-state index contributed by atoms with van der Waals surface area (Å²) in [7, 11) is 0. The molecule has 1 aliphatic heterocycles. The highest BCUT2D eigenvalue weighted by Gasteiger charge is 2.27. The van der Waals surface area contributed by atoms with Crippen molar-refractivity contribution in [1.82, 2.24) is 0 Å². The van der Waals surface area contributed by atoms with Gasteiger partial charge in [0.05, 0.1) is 12.6 Å². The zero-order chi connectivity index (χ0) is 15.5. The number of benzene rings is 3. The number of aliphatic imine (C=N–C) groups is 1. The molecule has 0 N–H and O–H groups in total. The zero-order valence-corrected chi connectivity index (χ0v) is 12.8. The molecule has 1 atom stereocenters. The van der Waals surface area contributed by atoms with Gasteiger partial charge in [0.2, 0.25) is 0 Å². The lowest BCUT2D eigenvalue weighted by atomic mass is 10.1. The Bertz CT molecular complexity index is 795. The molecule has 0 saturated carbocycles. The van der Waals surface area contributed by atoms with Gasteiger partial charge in [-0.3, -0.25) is 4.99 Å². The Morgan fingerprint density at radius 1 is 0.696 bits per heavy atom. The first-order chi connectivity index (χ1) is 11.4. The number of amidine groups is 1. The summed E-state index contributed by atoms with van der Waals surface area (Å²) in [6.07, 6.45) is 0. The van der Waals surface area contributed by atoms with Crippen LogP contribution in [-0.4, -0.2) is 12.4 Å². The van der Waals surface area contributed by atoms with Crippen LogP contribution in [0.2, 0.25) is 0 Å². The van der Waals surface area contributed by atoms with Crippen LogP contribution in [0.3, 0.4) is 0 Å². The quantitative estimate of drug-likeness (QED) is 0.684. The normalized spacial score (nSPS) is 17.1. The monoisotopic (exact) mass is 298 g/mol. The van der Waals surface area contributed by atoms with Gasteiger partial charge in [-0.2, -0.15) is 0 Å². The molecule has 0 radical (unpaired) electrons. The first-order valence-corrected chi connectivity index (χ1v) is 7.92. The Morgan fingerprint density at radius 2 is 1.26 bits per heavy atom. The molecule has 0 bridgehead atoms. The van der Waals surface area contributed by atoms with E-state index in [9.17, 15) is 0 Å². The zero-order valence-electron chi connectivity index (χ0n) is 12.8. The number of para-hydroxylation sites is 1. The van der Waals surface area contributed by atoms with Crippen molar-refractivity contribution in [3.8, 4) is 0 Å². The summed E-state index contributed by atoms with van der Waals surface area (Å²) in [5, 5.41) is 0. The molecule has 0 fully saturated rings. The minimum atomic E-state index is 0.173. The van der Waals surface area contributed by atoms with E-state index in [1.54, 1.807) is 0 Å². The summed E-state index contributed by atoms with van der Waals surface area (Å²) in [4.78, 5) is 7.34. The standard InChI is InChI=1S/C21H18N2/c1-4-10-17(11-5-1)20-16-23(19-14-8-3-9-15-19)21(22-20)18-12-6-2-7-13-18/h1-15,20H,16H2/t20-/m1/s1. The highest BCUT2D eigenvalue weighted by Crippen LogP contribution is 2.30. The number of rotatable bonds is 3. The molecule has 3 aromatic rings. The summed E-state index contributed by atoms with van der Waals surface area (Å²) in [5.41, 5.74) is 3.61. The maximum Gasteiger partial charge on any atom is 0.136 e. The molecular weight excluding hydrogens is 280 g/mol. The molecular formula is C21H18N2. The summed E-state index contributed by atoms with van der Waals surface area (Å²) in [6, 6.07) is 31.6. The van der Waals surface area contributed by atoms with Gasteiger partial charge >= 0.3 is 0 Å². The lowest BCUT2D eigenvalue weighted by molar-refractivity contribution is 0.780. The van der Waals surface area contributed by atoms with E-state index in [4.69, 9.17) is 4.99 Å². The van der Waals surface area contributed by atoms with Gasteiger partial charge in [0.15, 0.2) is 0 Å². The molecule has 1 heterocycles. The van der Waals surface area contributed by atoms with Gasteiger partial charge in [-0.05, 0) is 17.7 Å². The molecule has 0 aliphatic carbocycles. The highest BCUT2D eigenvalue weighted by molar-refractivity contribution is 6.11. The Labute approximate surface area is 136 Å². The topological polar surface area (TPSA) is 15.6 Å².